The molecule has 28 heavy (non-hydrogen) atoms. The summed E-state index contributed by atoms with van der Waals surface area (Å²) in [6, 6.07) is 18.9. The summed E-state index contributed by atoms with van der Waals surface area (Å²) in [5, 5.41) is 0. The van der Waals surface area contributed by atoms with Gasteiger partial charge in [0.05, 0.1) is 18.4 Å². The maximum Gasteiger partial charge on any atom is 0.280 e. The third kappa shape index (κ3) is 2.00. The lowest BCUT2D eigenvalue weighted by atomic mass is 10.1. The second-order valence-electron chi connectivity index (χ2n) is 7.61. The normalized spacial score (nSPS) is 21.9. The van der Waals surface area contributed by atoms with E-state index in [4.69, 9.17) is 4.99 Å². The van der Waals surface area contributed by atoms with Gasteiger partial charge in [-0.05, 0) is 23.1 Å². The van der Waals surface area contributed by atoms with Crippen LogP contribution in [0.15, 0.2) is 65.9 Å². The highest BCUT2D eigenvalue weighted by Crippen LogP contribution is 2.46. The molecule has 3 aliphatic rings. The summed E-state index contributed by atoms with van der Waals surface area (Å²) in [6.07, 6.45) is 2.68. The number of aliphatic imine (C=N–C) groups is 1. The Morgan fingerprint density at radius 3 is 2.71 bits per heavy atom. The number of aromatic nitrogens is 2. The van der Waals surface area contributed by atoms with Crippen molar-refractivity contribution in [1.82, 2.24) is 14.5 Å². The van der Waals surface area contributed by atoms with Crippen LogP contribution in [0.4, 0.5) is 5.82 Å². The first-order valence-corrected chi connectivity index (χ1v) is 9.54. The molecule has 0 N–H and O–H groups in total. The van der Waals surface area contributed by atoms with Gasteiger partial charge in [0.2, 0.25) is 5.96 Å². The minimum absolute atomic E-state index is 0.0494. The van der Waals surface area contributed by atoms with Crippen LogP contribution in [0.2, 0.25) is 0 Å². The second kappa shape index (κ2) is 5.55. The second-order valence-corrected chi connectivity index (χ2v) is 7.61. The molecule has 138 valence electrons. The zero-order valence-corrected chi connectivity index (χ0v) is 15.5. The number of anilines is 1. The van der Waals surface area contributed by atoms with Gasteiger partial charge in [-0.25, -0.2) is 9.98 Å². The minimum atomic E-state index is -0.0494. The molecule has 0 bridgehead atoms. The summed E-state index contributed by atoms with van der Waals surface area (Å²) in [5.74, 6) is 1.39. The Bertz CT molecular complexity index is 1130. The number of hydrogen-bond donors (Lipinski definition) is 0. The van der Waals surface area contributed by atoms with Crippen molar-refractivity contribution in [1.29, 1.82) is 0 Å². The van der Waals surface area contributed by atoms with Crippen LogP contribution in [0.25, 0.3) is 0 Å². The summed E-state index contributed by atoms with van der Waals surface area (Å²) < 4.78 is 1.95. The molecule has 1 aromatic heterocycles. The number of carbonyl (C=O) groups is 1. The van der Waals surface area contributed by atoms with Gasteiger partial charge in [0.25, 0.3) is 5.91 Å². The number of imidazole rings is 1. The van der Waals surface area contributed by atoms with Crippen LogP contribution in [0.5, 0.6) is 0 Å². The van der Waals surface area contributed by atoms with Crippen LogP contribution in [0.1, 0.15) is 33.2 Å². The summed E-state index contributed by atoms with van der Waals surface area (Å²) in [6.45, 7) is 0.619. The van der Waals surface area contributed by atoms with Crippen LogP contribution in [0.3, 0.4) is 0 Å². The van der Waals surface area contributed by atoms with Crippen molar-refractivity contribution in [3.63, 3.8) is 0 Å². The first kappa shape index (κ1) is 15.6. The van der Waals surface area contributed by atoms with Gasteiger partial charge >= 0.3 is 0 Å². The van der Waals surface area contributed by atoms with Crippen molar-refractivity contribution in [2.45, 2.75) is 25.0 Å². The van der Waals surface area contributed by atoms with Gasteiger partial charge in [-0.2, -0.15) is 0 Å². The number of hydrogen-bond acceptors (Lipinski definition) is 4. The predicted molar refractivity (Wildman–Crippen MR) is 106 cm³/mol. The molecule has 0 saturated carbocycles. The highest BCUT2D eigenvalue weighted by Gasteiger charge is 2.50. The molecule has 0 saturated heterocycles. The van der Waals surface area contributed by atoms with E-state index in [1.807, 2.05) is 29.8 Å². The molecule has 6 nitrogen and oxygen atoms in total. The van der Waals surface area contributed by atoms with Gasteiger partial charge in [-0.3, -0.25) is 14.6 Å². The summed E-state index contributed by atoms with van der Waals surface area (Å²) in [4.78, 5) is 26.6. The smallest absolute Gasteiger partial charge is 0.280 e. The molecule has 6 heteroatoms. The first-order chi connectivity index (χ1) is 13.7. The molecule has 3 aromatic rings. The molecule has 2 aromatic carbocycles. The van der Waals surface area contributed by atoms with E-state index >= 15 is 0 Å². The molecule has 6 rings (SSSR count). The van der Waals surface area contributed by atoms with Crippen molar-refractivity contribution in [2.24, 2.45) is 4.99 Å². The Morgan fingerprint density at radius 1 is 1.07 bits per heavy atom. The van der Waals surface area contributed by atoms with Gasteiger partial charge in [0, 0.05) is 13.6 Å². The first-order valence-electron chi connectivity index (χ1n) is 9.54. The largest absolute Gasteiger partial charge is 0.320 e. The van der Waals surface area contributed by atoms with Crippen LogP contribution in [-0.2, 0) is 13.0 Å². The van der Waals surface area contributed by atoms with Gasteiger partial charge in [-0.15, -0.1) is 0 Å². The van der Waals surface area contributed by atoms with E-state index in [1.165, 1.54) is 11.1 Å². The summed E-state index contributed by atoms with van der Waals surface area (Å²) in [7, 11) is 1.81. The van der Waals surface area contributed by atoms with E-state index in [-0.39, 0.29) is 18.0 Å². The van der Waals surface area contributed by atoms with E-state index < -0.39 is 0 Å². The number of fused-ring (bicyclic) bond motifs is 7. The zero-order chi connectivity index (χ0) is 18.8. The lowest BCUT2D eigenvalue weighted by Gasteiger charge is -2.34. The highest BCUT2D eigenvalue weighted by molar-refractivity contribution is 6.18. The van der Waals surface area contributed by atoms with E-state index in [1.54, 1.807) is 11.2 Å². The van der Waals surface area contributed by atoms with E-state index in [2.05, 4.69) is 46.3 Å². The fourth-order valence-corrected chi connectivity index (χ4v) is 4.71. The molecule has 0 fully saturated rings. The summed E-state index contributed by atoms with van der Waals surface area (Å²) in [5.41, 5.74) is 4.40. The van der Waals surface area contributed by atoms with Crippen LogP contribution < -0.4 is 4.90 Å². The fourth-order valence-electron chi connectivity index (χ4n) is 4.71. The minimum Gasteiger partial charge on any atom is -0.320 e. The molecule has 2 atom stereocenters. The number of benzene rings is 2. The molecule has 2 aliphatic heterocycles. The Kier molecular flexibility index (Phi) is 3.10. The number of guanidine groups is 1. The van der Waals surface area contributed by atoms with Crippen molar-refractivity contribution in [3.8, 4) is 0 Å². The topological polar surface area (TPSA) is 53.7 Å². The third-order valence-corrected chi connectivity index (χ3v) is 5.99. The molecule has 3 heterocycles. The number of rotatable bonds is 2. The molecule has 1 amide bonds. The molecular weight excluding hydrogens is 350 g/mol. The Hall–Kier alpha value is -3.41. The molecule has 0 spiro atoms. The Labute approximate surface area is 162 Å². The van der Waals surface area contributed by atoms with Crippen molar-refractivity contribution in [2.75, 3.05) is 11.9 Å². The molecular formula is C22H19N5O. The van der Waals surface area contributed by atoms with E-state index in [0.717, 1.165) is 17.8 Å². The van der Waals surface area contributed by atoms with Crippen molar-refractivity contribution >= 4 is 17.7 Å². The van der Waals surface area contributed by atoms with Crippen LogP contribution >= 0.6 is 0 Å². The highest BCUT2D eigenvalue weighted by atomic mass is 16.2. The maximum absolute atomic E-state index is 13.2. The molecule has 2 unspecified atom stereocenters. The van der Waals surface area contributed by atoms with Gasteiger partial charge < -0.3 is 4.57 Å². The lowest BCUT2D eigenvalue weighted by molar-refractivity contribution is 0.0855. The number of amides is 1. The standard InChI is InChI=1S/C22H19N5O/c1-25-21(28)19-20(23-13-26(19)12-14-7-3-2-4-8-14)27-18-16-10-6-5-9-15(16)11-17(18)24-22(25)27/h2-10,13,17-18H,11-12H2,1H3. The Morgan fingerprint density at radius 2 is 1.86 bits per heavy atom. The molecule has 0 radical (unpaired) electrons. The van der Waals surface area contributed by atoms with Crippen molar-refractivity contribution < 1.29 is 4.79 Å². The predicted octanol–water partition coefficient (Wildman–Crippen LogP) is 2.86. The van der Waals surface area contributed by atoms with E-state index in [0.29, 0.717) is 18.2 Å². The number of carbonyl (C=O) groups excluding carboxylic acids is 1. The molecule has 1 aliphatic carbocycles. The average molecular weight is 369 g/mol. The zero-order valence-electron chi connectivity index (χ0n) is 15.5. The SMILES string of the molecule is CN1C(=O)c2c(ncn2Cc2ccccc2)N2C1=NC1Cc3ccccc3C12. The summed E-state index contributed by atoms with van der Waals surface area (Å²) >= 11 is 0. The number of nitrogens with zero attached hydrogens (tertiary/aromatic N) is 5. The van der Waals surface area contributed by atoms with Gasteiger partial charge in [0.15, 0.2) is 11.5 Å². The van der Waals surface area contributed by atoms with Crippen LogP contribution in [0, 0.1) is 0 Å². The average Bonchev–Trinajstić information content (AvgIpc) is 3.38. The quantitative estimate of drug-likeness (QED) is 0.698. The monoisotopic (exact) mass is 369 g/mol. The van der Waals surface area contributed by atoms with Crippen molar-refractivity contribution in [3.05, 3.63) is 83.3 Å². The maximum atomic E-state index is 13.2. The fraction of sp³-hybridized carbons (Fsp3) is 0.227. The van der Waals surface area contributed by atoms with Gasteiger partial charge in [-0.1, -0.05) is 54.6 Å². The third-order valence-electron chi connectivity index (χ3n) is 5.99. The lowest BCUT2D eigenvalue weighted by Crippen LogP contribution is -2.49. The van der Waals surface area contributed by atoms with Crippen LogP contribution in [-0.4, -0.2) is 39.4 Å². The van der Waals surface area contributed by atoms with E-state index in [9.17, 15) is 4.79 Å². The van der Waals surface area contributed by atoms with Gasteiger partial charge in [0.1, 0.15) is 0 Å². The Balaban J connectivity index is 1.47.